The van der Waals surface area contributed by atoms with E-state index in [1.54, 1.807) is 54.7 Å². The van der Waals surface area contributed by atoms with Crippen molar-refractivity contribution < 1.29 is 61.2 Å². The molecule has 0 aliphatic carbocycles. The molecule has 23 heteroatoms. The second-order valence-electron chi connectivity index (χ2n) is 17.6. The summed E-state index contributed by atoms with van der Waals surface area (Å²) >= 11 is 0. The van der Waals surface area contributed by atoms with Crippen LogP contribution in [0.2, 0.25) is 0 Å². The zero-order valence-corrected chi connectivity index (χ0v) is 41.7. The zero-order chi connectivity index (χ0) is 53.7. The Morgan fingerprint density at radius 3 is 1.66 bits per heavy atom. The number of unbranched alkanes of at least 4 members (excludes halogenated alkanes) is 2. The van der Waals surface area contributed by atoms with Gasteiger partial charge in [-0.15, -0.1) is 0 Å². The molecule has 1 aromatic heterocycles. The Bertz CT molecular complexity index is 2680. The summed E-state index contributed by atoms with van der Waals surface area (Å²) < 4.78 is 31.8. The number of fused-ring (bicyclic) bond motifs is 1. The Morgan fingerprint density at radius 1 is 0.589 bits per heavy atom. The molecule has 394 valence electrons. The summed E-state index contributed by atoms with van der Waals surface area (Å²) in [6.45, 7) is 4.24. The summed E-state index contributed by atoms with van der Waals surface area (Å²) in [6.07, 6.45) is 2.85. The maximum atomic E-state index is 14.3. The molecule has 12 N–H and O–H groups in total. The van der Waals surface area contributed by atoms with Crippen LogP contribution in [-0.4, -0.2) is 119 Å². The molecule has 0 spiro atoms. The van der Waals surface area contributed by atoms with Gasteiger partial charge in [0, 0.05) is 43.3 Å². The van der Waals surface area contributed by atoms with Crippen LogP contribution in [0.4, 0.5) is 0 Å². The standard InChI is InChI=1S/C50H65N9O13S/c1-4-6-16-37(56-48(67)40(54-30(3)60)24-32-19-21-33(22-20-32)29-73(70,71)72)46(65)53-28-43(61)55-41(25-34-27-52-36-18-12-11-15-35(34)36)49(68)57-38(17-7-5-2)47(66)59-42(26-44(62)63)50(69)58-39(45(51)64)23-31-13-9-8-10-14-31/h8-15,18-22,27,37-42,52H,4-7,16-17,23-26,28-29H2,1-3H3,(H2,51,64)(H,53,65)(H,54,60)(H,55,61)(H,56,67)(H,57,68)(H,58,69)(H,59,66)(H,62,63)(H,70,71,72). The Hall–Kier alpha value is -7.66. The molecule has 0 saturated carbocycles. The number of hydrogen-bond donors (Lipinski definition) is 11. The monoisotopic (exact) mass is 1030 g/mol. The van der Waals surface area contributed by atoms with Gasteiger partial charge in [0.2, 0.25) is 47.3 Å². The smallest absolute Gasteiger partial charge is 0.305 e. The van der Waals surface area contributed by atoms with Crippen molar-refractivity contribution in [1.29, 1.82) is 0 Å². The number of nitrogens with two attached hydrogens (primary N) is 1. The minimum Gasteiger partial charge on any atom is -0.481 e. The second-order valence-corrected chi connectivity index (χ2v) is 19.1. The normalized spacial score (nSPS) is 13.7. The lowest BCUT2D eigenvalue weighted by Gasteiger charge is -2.26. The third kappa shape index (κ3) is 19.8. The van der Waals surface area contributed by atoms with E-state index in [0.717, 1.165) is 10.9 Å². The van der Waals surface area contributed by atoms with Gasteiger partial charge in [-0.2, -0.15) is 8.42 Å². The minimum absolute atomic E-state index is 0.0149. The first-order chi connectivity index (χ1) is 34.7. The van der Waals surface area contributed by atoms with E-state index >= 15 is 0 Å². The van der Waals surface area contributed by atoms with Crippen molar-refractivity contribution in [1.82, 2.24) is 42.2 Å². The van der Waals surface area contributed by atoms with Crippen molar-refractivity contribution in [3.05, 3.63) is 107 Å². The van der Waals surface area contributed by atoms with Gasteiger partial charge in [0.1, 0.15) is 42.0 Å². The Kier molecular flexibility index (Phi) is 22.5. The van der Waals surface area contributed by atoms with Gasteiger partial charge in [0.15, 0.2) is 0 Å². The number of carboxylic acids is 1. The van der Waals surface area contributed by atoms with Gasteiger partial charge in [-0.25, -0.2) is 0 Å². The number of para-hydroxylation sites is 1. The van der Waals surface area contributed by atoms with Crippen molar-refractivity contribution in [2.24, 2.45) is 5.73 Å². The van der Waals surface area contributed by atoms with E-state index in [4.69, 9.17) is 5.73 Å². The third-order valence-corrected chi connectivity index (χ3v) is 12.3. The van der Waals surface area contributed by atoms with Gasteiger partial charge >= 0.3 is 5.97 Å². The number of rotatable bonds is 30. The van der Waals surface area contributed by atoms with Crippen LogP contribution in [0.15, 0.2) is 85.1 Å². The molecule has 6 atom stereocenters. The molecule has 1 heterocycles. The maximum Gasteiger partial charge on any atom is 0.305 e. The van der Waals surface area contributed by atoms with Crippen LogP contribution < -0.4 is 43.0 Å². The van der Waals surface area contributed by atoms with Crippen molar-refractivity contribution in [2.75, 3.05) is 6.54 Å². The van der Waals surface area contributed by atoms with E-state index < -0.39 is 118 Å². The van der Waals surface area contributed by atoms with Gasteiger partial charge in [-0.3, -0.25) is 47.7 Å². The summed E-state index contributed by atoms with van der Waals surface area (Å²) in [7, 11) is -4.29. The lowest BCUT2D eigenvalue weighted by atomic mass is 10.0. The number of aliphatic carboxylic acids is 1. The highest BCUT2D eigenvalue weighted by molar-refractivity contribution is 7.85. The van der Waals surface area contributed by atoms with Crippen LogP contribution in [0, 0.1) is 0 Å². The van der Waals surface area contributed by atoms with E-state index in [-0.39, 0.29) is 32.1 Å². The van der Waals surface area contributed by atoms with Gasteiger partial charge < -0.3 is 53.0 Å². The van der Waals surface area contributed by atoms with Crippen molar-refractivity contribution in [3.8, 4) is 0 Å². The molecule has 0 aliphatic rings. The number of benzene rings is 3. The lowest BCUT2D eigenvalue weighted by Crippen LogP contribution is -2.59. The SMILES string of the molecule is CCCCC(NC(=O)C(Cc1ccc(CS(=O)(=O)O)cc1)NC(C)=O)C(=O)NCC(=O)NC(Cc1c[nH]c2ccccc12)C(=O)NC(CCCC)C(=O)NC(CC(=O)O)C(=O)NC(Cc1ccccc1)C(N)=O. The van der Waals surface area contributed by atoms with Crippen molar-refractivity contribution in [2.45, 2.75) is 127 Å². The molecule has 0 aliphatic heterocycles. The summed E-state index contributed by atoms with van der Waals surface area (Å²) in [5, 5.41) is 28.3. The fourth-order valence-electron chi connectivity index (χ4n) is 7.84. The van der Waals surface area contributed by atoms with E-state index in [0.29, 0.717) is 47.9 Å². The number of H-pyrrole nitrogens is 1. The summed E-state index contributed by atoms with van der Waals surface area (Å²) in [5.41, 5.74) is 8.39. The van der Waals surface area contributed by atoms with Crippen LogP contribution in [0.1, 0.15) is 88.0 Å². The molecule has 6 unspecified atom stereocenters. The first-order valence-corrected chi connectivity index (χ1v) is 25.5. The van der Waals surface area contributed by atoms with Crippen LogP contribution >= 0.6 is 0 Å². The molecular weight excluding hydrogens is 967 g/mol. The van der Waals surface area contributed by atoms with Crippen molar-refractivity contribution in [3.63, 3.8) is 0 Å². The minimum atomic E-state index is -4.29. The Balaban J connectivity index is 1.51. The molecule has 0 radical (unpaired) electrons. The third-order valence-electron chi connectivity index (χ3n) is 11.6. The predicted octanol–water partition coefficient (Wildman–Crippen LogP) is 0.969. The zero-order valence-electron chi connectivity index (χ0n) is 40.9. The maximum absolute atomic E-state index is 14.3. The van der Waals surface area contributed by atoms with Gasteiger partial charge in [-0.05, 0) is 41.2 Å². The average molecular weight is 1030 g/mol. The van der Waals surface area contributed by atoms with Gasteiger partial charge in [-0.1, -0.05) is 112 Å². The van der Waals surface area contributed by atoms with Gasteiger partial charge in [0.05, 0.1) is 13.0 Å². The fourth-order valence-corrected chi connectivity index (χ4v) is 8.45. The summed E-state index contributed by atoms with van der Waals surface area (Å²) in [4.78, 5) is 122. The highest BCUT2D eigenvalue weighted by atomic mass is 32.2. The van der Waals surface area contributed by atoms with Crippen LogP contribution in [0.5, 0.6) is 0 Å². The largest absolute Gasteiger partial charge is 0.481 e. The number of aromatic nitrogens is 1. The number of carbonyl (C=O) groups excluding carboxylic acids is 8. The number of primary amides is 1. The fraction of sp³-hybridized carbons (Fsp3) is 0.420. The molecule has 22 nitrogen and oxygen atoms in total. The Morgan fingerprint density at radius 2 is 1.08 bits per heavy atom. The number of carbonyl (C=O) groups is 9. The molecule has 0 bridgehead atoms. The lowest BCUT2D eigenvalue weighted by molar-refractivity contribution is -0.141. The average Bonchev–Trinajstić information content (AvgIpc) is 3.74. The topological polar surface area (TPSA) is 354 Å². The number of nitrogens with one attached hydrogen (secondary N) is 8. The molecule has 3 aromatic carbocycles. The van der Waals surface area contributed by atoms with E-state index in [9.17, 15) is 61.2 Å². The predicted molar refractivity (Wildman–Crippen MR) is 268 cm³/mol. The highest BCUT2D eigenvalue weighted by Crippen LogP contribution is 2.20. The van der Waals surface area contributed by atoms with Crippen LogP contribution in [0.3, 0.4) is 0 Å². The second kappa shape index (κ2) is 28.4. The first-order valence-electron chi connectivity index (χ1n) is 23.8. The Labute approximate surface area is 422 Å². The van der Waals surface area contributed by atoms with Crippen LogP contribution in [-0.2, 0) is 78.3 Å². The van der Waals surface area contributed by atoms with Crippen molar-refractivity contribution >= 4 is 74.2 Å². The number of hydrogen-bond acceptors (Lipinski definition) is 11. The number of aromatic amines is 1. The summed E-state index contributed by atoms with van der Waals surface area (Å²) in [5.74, 6) is -8.55. The van der Waals surface area contributed by atoms with Crippen LogP contribution in [0.25, 0.3) is 10.9 Å². The molecule has 4 rings (SSSR count). The highest BCUT2D eigenvalue weighted by Gasteiger charge is 2.33. The number of carboxylic acid groups (broad SMARTS) is 1. The quantitative estimate of drug-likeness (QED) is 0.0325. The first kappa shape index (κ1) is 57.9. The van der Waals surface area contributed by atoms with E-state index in [2.05, 4.69) is 42.2 Å². The molecule has 0 saturated heterocycles. The molecule has 4 aromatic rings. The molecule has 0 fully saturated rings. The van der Waals surface area contributed by atoms with Gasteiger partial charge in [0.25, 0.3) is 10.1 Å². The summed E-state index contributed by atoms with van der Waals surface area (Å²) in [6, 6.07) is 13.8. The van der Waals surface area contributed by atoms with E-state index in [1.807, 2.05) is 19.9 Å². The molecule has 73 heavy (non-hydrogen) atoms. The number of amides is 8. The van der Waals surface area contributed by atoms with E-state index in [1.165, 1.54) is 31.2 Å². The molecular formula is C50H65N9O13S. The molecule has 8 amide bonds.